The second kappa shape index (κ2) is 6.12. The fourth-order valence-electron chi connectivity index (χ4n) is 4.62. The lowest BCUT2D eigenvalue weighted by Crippen LogP contribution is -2.29. The van der Waals surface area contributed by atoms with Gasteiger partial charge in [0.05, 0.1) is 5.92 Å². The molecular formula is C22H21NO4. The van der Waals surface area contributed by atoms with E-state index < -0.39 is 12.1 Å². The second-order valence-electron chi connectivity index (χ2n) is 7.82. The Hall–Kier alpha value is -2.82. The van der Waals surface area contributed by atoms with Crippen molar-refractivity contribution in [1.82, 2.24) is 5.32 Å². The fourth-order valence-corrected chi connectivity index (χ4v) is 4.62. The first-order chi connectivity index (χ1) is 13.1. The molecule has 2 fully saturated rings. The molecule has 5 heteroatoms. The van der Waals surface area contributed by atoms with Crippen molar-refractivity contribution >= 4 is 12.1 Å². The summed E-state index contributed by atoms with van der Waals surface area (Å²) in [6.45, 7) is 0.304. The number of carboxylic acids is 1. The first-order valence-electron chi connectivity index (χ1n) is 9.48. The van der Waals surface area contributed by atoms with Crippen molar-refractivity contribution in [3.8, 4) is 11.1 Å². The number of benzene rings is 2. The number of ether oxygens (including phenoxy) is 1. The van der Waals surface area contributed by atoms with E-state index in [9.17, 15) is 9.59 Å². The Morgan fingerprint density at radius 3 is 2.19 bits per heavy atom. The van der Waals surface area contributed by atoms with Crippen molar-refractivity contribution in [1.29, 1.82) is 0 Å². The van der Waals surface area contributed by atoms with E-state index in [2.05, 4.69) is 29.6 Å². The number of hydrogen-bond donors (Lipinski definition) is 2. The molecule has 5 nitrogen and oxygen atoms in total. The molecule has 2 N–H and O–H groups in total. The maximum absolute atomic E-state index is 12.2. The van der Waals surface area contributed by atoms with Gasteiger partial charge in [-0.05, 0) is 46.9 Å². The molecular weight excluding hydrogens is 342 g/mol. The van der Waals surface area contributed by atoms with Crippen molar-refractivity contribution in [2.75, 3.05) is 6.61 Å². The molecule has 0 unspecified atom stereocenters. The van der Waals surface area contributed by atoms with Crippen LogP contribution in [0.3, 0.4) is 0 Å². The maximum atomic E-state index is 12.2. The highest BCUT2D eigenvalue weighted by Gasteiger charge is 2.57. The minimum absolute atomic E-state index is 0.0537. The van der Waals surface area contributed by atoms with Gasteiger partial charge in [-0.2, -0.15) is 0 Å². The molecule has 0 aromatic heterocycles. The molecule has 0 bridgehead atoms. The Kier molecular flexibility index (Phi) is 3.71. The van der Waals surface area contributed by atoms with E-state index in [1.54, 1.807) is 0 Å². The lowest BCUT2D eigenvalue weighted by Gasteiger charge is -2.14. The Labute approximate surface area is 157 Å². The summed E-state index contributed by atoms with van der Waals surface area (Å²) in [5.74, 6) is -0.359. The van der Waals surface area contributed by atoms with E-state index in [1.165, 1.54) is 22.3 Å². The van der Waals surface area contributed by atoms with Crippen LogP contribution in [0.15, 0.2) is 48.5 Å². The normalized spacial score (nSPS) is 27.4. The van der Waals surface area contributed by atoms with Crippen LogP contribution < -0.4 is 5.32 Å². The molecule has 27 heavy (non-hydrogen) atoms. The number of rotatable bonds is 5. The quantitative estimate of drug-likeness (QED) is 0.850. The molecule has 0 spiro atoms. The van der Waals surface area contributed by atoms with Gasteiger partial charge < -0.3 is 15.2 Å². The van der Waals surface area contributed by atoms with Crippen LogP contribution in [-0.4, -0.2) is 29.8 Å². The van der Waals surface area contributed by atoms with Gasteiger partial charge in [-0.1, -0.05) is 48.5 Å². The molecule has 3 aliphatic carbocycles. The topological polar surface area (TPSA) is 75.6 Å². The summed E-state index contributed by atoms with van der Waals surface area (Å²) < 4.78 is 5.55. The summed E-state index contributed by atoms with van der Waals surface area (Å²) in [6, 6.07) is 16.6. The van der Waals surface area contributed by atoms with Crippen LogP contribution in [0.1, 0.15) is 29.9 Å². The maximum Gasteiger partial charge on any atom is 0.407 e. The number of alkyl carbamates (subject to hydrolysis) is 1. The zero-order valence-electron chi connectivity index (χ0n) is 14.8. The predicted octanol–water partition coefficient (Wildman–Crippen LogP) is 3.63. The predicted molar refractivity (Wildman–Crippen MR) is 99.3 cm³/mol. The molecule has 2 aromatic carbocycles. The Bertz CT molecular complexity index is 879. The highest BCUT2D eigenvalue weighted by Crippen LogP contribution is 2.54. The number of nitrogens with one attached hydrogen (secondary N) is 1. The largest absolute Gasteiger partial charge is 0.481 e. The van der Waals surface area contributed by atoms with E-state index in [1.807, 2.05) is 24.3 Å². The minimum Gasteiger partial charge on any atom is -0.481 e. The van der Waals surface area contributed by atoms with Gasteiger partial charge in [-0.3, -0.25) is 4.79 Å². The summed E-state index contributed by atoms with van der Waals surface area (Å²) in [7, 11) is 0. The van der Waals surface area contributed by atoms with Crippen LogP contribution in [0.25, 0.3) is 11.1 Å². The Morgan fingerprint density at radius 1 is 0.963 bits per heavy atom. The van der Waals surface area contributed by atoms with Gasteiger partial charge in [0.15, 0.2) is 0 Å². The number of fused-ring (bicyclic) bond motifs is 3. The van der Waals surface area contributed by atoms with Crippen molar-refractivity contribution < 1.29 is 19.4 Å². The summed E-state index contributed by atoms with van der Waals surface area (Å²) in [6.07, 6.45) is 1.19. The average molecular weight is 363 g/mol. The van der Waals surface area contributed by atoms with E-state index in [4.69, 9.17) is 9.84 Å². The number of carbonyl (C=O) groups excluding carboxylic acids is 1. The van der Waals surface area contributed by atoms with Crippen LogP contribution in [0, 0.1) is 17.8 Å². The summed E-state index contributed by atoms with van der Waals surface area (Å²) >= 11 is 0. The van der Waals surface area contributed by atoms with Gasteiger partial charge in [0.25, 0.3) is 0 Å². The highest BCUT2D eigenvalue weighted by molar-refractivity contribution is 5.79. The van der Waals surface area contributed by atoms with Crippen LogP contribution in [0.5, 0.6) is 0 Å². The van der Waals surface area contributed by atoms with Crippen LogP contribution in [0.4, 0.5) is 4.79 Å². The summed E-state index contributed by atoms with van der Waals surface area (Å²) in [5, 5.41) is 11.9. The highest BCUT2D eigenvalue weighted by atomic mass is 16.5. The molecule has 138 valence electrons. The van der Waals surface area contributed by atoms with Gasteiger partial charge in [-0.25, -0.2) is 4.79 Å². The van der Waals surface area contributed by atoms with Crippen LogP contribution in [-0.2, 0) is 9.53 Å². The number of aliphatic carboxylic acids is 1. The smallest absolute Gasteiger partial charge is 0.407 e. The summed E-state index contributed by atoms with van der Waals surface area (Å²) in [4.78, 5) is 23.2. The molecule has 3 aliphatic rings. The molecule has 0 aliphatic heterocycles. The molecule has 0 heterocycles. The van der Waals surface area contributed by atoms with Gasteiger partial charge in [0.1, 0.15) is 6.61 Å². The zero-order chi connectivity index (χ0) is 18.5. The lowest BCUT2D eigenvalue weighted by molar-refractivity contribution is -0.138. The second-order valence-corrected chi connectivity index (χ2v) is 7.82. The van der Waals surface area contributed by atoms with Crippen molar-refractivity contribution in [3.63, 3.8) is 0 Å². The molecule has 1 amide bonds. The molecule has 4 atom stereocenters. The number of amides is 1. The van der Waals surface area contributed by atoms with Crippen molar-refractivity contribution in [2.24, 2.45) is 17.8 Å². The average Bonchev–Trinajstić information content (AvgIpc) is 3.57. The lowest BCUT2D eigenvalue weighted by atomic mass is 9.98. The van der Waals surface area contributed by atoms with E-state index in [-0.39, 0.29) is 23.8 Å². The van der Waals surface area contributed by atoms with Gasteiger partial charge >= 0.3 is 12.1 Å². The first-order valence-corrected chi connectivity index (χ1v) is 9.48. The SMILES string of the molecule is O=C(N[C@H]1C[C@H]1[C@H]1C[C@H]1C(=O)O)OCC1c2ccccc2-c2ccccc21. The van der Waals surface area contributed by atoms with E-state index in [0.717, 1.165) is 12.8 Å². The van der Waals surface area contributed by atoms with Crippen LogP contribution >= 0.6 is 0 Å². The zero-order valence-corrected chi connectivity index (χ0v) is 14.8. The molecule has 2 aromatic rings. The summed E-state index contributed by atoms with van der Waals surface area (Å²) in [5.41, 5.74) is 4.80. The molecule has 0 saturated heterocycles. The van der Waals surface area contributed by atoms with Gasteiger partial charge in [-0.15, -0.1) is 0 Å². The molecule has 5 rings (SSSR count). The third kappa shape index (κ3) is 2.87. The third-order valence-corrected chi connectivity index (χ3v) is 6.19. The molecule has 2 saturated carbocycles. The minimum atomic E-state index is -0.716. The van der Waals surface area contributed by atoms with Gasteiger partial charge in [0.2, 0.25) is 0 Å². The number of hydrogen-bond acceptors (Lipinski definition) is 3. The fraction of sp³-hybridized carbons (Fsp3) is 0.364. The van der Waals surface area contributed by atoms with E-state index in [0.29, 0.717) is 12.5 Å². The number of carboxylic acid groups (broad SMARTS) is 1. The standard InChI is InChI=1S/C22H21NO4/c24-21(25)18-9-16(18)17-10-20(17)23-22(26)27-11-19-14-7-3-1-5-12(14)13-6-2-4-8-15(13)19/h1-8,16-20H,9-11H2,(H,23,26)(H,24,25)/t16-,17+,18-,20+/m1/s1. The molecule has 0 radical (unpaired) electrons. The van der Waals surface area contributed by atoms with Crippen molar-refractivity contribution in [2.45, 2.75) is 24.8 Å². The Morgan fingerprint density at radius 2 is 1.59 bits per heavy atom. The van der Waals surface area contributed by atoms with Crippen LogP contribution in [0.2, 0.25) is 0 Å². The number of carbonyl (C=O) groups is 2. The third-order valence-electron chi connectivity index (χ3n) is 6.19. The first kappa shape index (κ1) is 16.4. The van der Waals surface area contributed by atoms with Gasteiger partial charge in [0, 0.05) is 12.0 Å². The monoisotopic (exact) mass is 363 g/mol. The Balaban J connectivity index is 1.20. The van der Waals surface area contributed by atoms with Crippen molar-refractivity contribution in [3.05, 3.63) is 59.7 Å². The van der Waals surface area contributed by atoms with E-state index >= 15 is 0 Å².